The predicted molar refractivity (Wildman–Crippen MR) is 265 cm³/mol. The van der Waals surface area contributed by atoms with Gasteiger partial charge < -0.3 is 44.7 Å². The minimum atomic E-state index is -3.99. The van der Waals surface area contributed by atoms with Crippen molar-refractivity contribution in [1.82, 2.24) is 35.0 Å². The third kappa shape index (κ3) is 15.6. The van der Waals surface area contributed by atoms with Gasteiger partial charge in [-0.3, -0.25) is 38.4 Å². The van der Waals surface area contributed by atoms with Crippen LogP contribution in [0.1, 0.15) is 105 Å². The standard InChI is InChI=1S/C50H81N7O13S/c1-13-31(6)43(55(10)48(62)41(29(2)3)52-47(61)42(30(4)5)54(8)9)39(68-11)28-40(58)57-24-14-15-38(57)44(69-12)32(7)45(59)51-37(46(60)53-71(66,67)36-20-21-36)27-33-16-18-35(19-17-33)70-50(65)56-25-22-34(23-26-56)49(63)64/h16-19,29-32,34,36-39,41-44H,13-15,20-28H2,1-12H3,(H,51,59)(H,52,61)(H,53,60)(H,63,64). The fourth-order valence-corrected chi connectivity index (χ4v) is 11.3. The molecule has 1 aromatic carbocycles. The molecule has 2 saturated heterocycles. The van der Waals surface area contributed by atoms with Gasteiger partial charge in [-0.05, 0) is 88.1 Å². The number of ether oxygens (including phenoxy) is 3. The summed E-state index contributed by atoms with van der Waals surface area (Å²) >= 11 is 0. The van der Waals surface area contributed by atoms with E-state index < -0.39 is 93.4 Å². The van der Waals surface area contributed by atoms with Crippen molar-refractivity contribution >= 4 is 51.6 Å². The van der Waals surface area contributed by atoms with Crippen LogP contribution in [-0.4, -0.2) is 177 Å². The highest BCUT2D eigenvalue weighted by Crippen LogP contribution is 2.31. The molecule has 2 aliphatic heterocycles. The first kappa shape index (κ1) is 58.7. The molecule has 1 saturated carbocycles. The van der Waals surface area contributed by atoms with Crippen LogP contribution < -0.4 is 20.1 Å². The quantitative estimate of drug-likeness (QED) is 0.110. The van der Waals surface area contributed by atoms with Crippen LogP contribution in [-0.2, 0) is 54.7 Å². The summed E-state index contributed by atoms with van der Waals surface area (Å²) in [5, 5.41) is 14.4. The van der Waals surface area contributed by atoms with Gasteiger partial charge in [0.15, 0.2) is 0 Å². The van der Waals surface area contributed by atoms with Crippen LogP contribution in [0, 0.1) is 29.6 Å². The van der Waals surface area contributed by atoms with Gasteiger partial charge in [-0.15, -0.1) is 0 Å². The fraction of sp³-hybridized carbons (Fsp3) is 0.740. The Kier molecular flexibility index (Phi) is 21.7. The summed E-state index contributed by atoms with van der Waals surface area (Å²) in [5.74, 6) is -4.86. The Morgan fingerprint density at radius 3 is 1.93 bits per heavy atom. The third-order valence-corrected chi connectivity index (χ3v) is 16.3. The second-order valence-electron chi connectivity index (χ2n) is 20.6. The van der Waals surface area contributed by atoms with Crippen LogP contribution >= 0.6 is 0 Å². The minimum absolute atomic E-state index is 0.00404. The summed E-state index contributed by atoms with van der Waals surface area (Å²) < 4.78 is 45.5. The first-order chi connectivity index (χ1) is 33.4. The highest BCUT2D eigenvalue weighted by molar-refractivity contribution is 7.90. The molecular weight excluding hydrogens is 939 g/mol. The molecule has 20 nitrogen and oxygen atoms in total. The monoisotopic (exact) mass is 1020 g/mol. The predicted octanol–water partition coefficient (Wildman–Crippen LogP) is 3.27. The number of carbonyl (C=O) groups is 7. The van der Waals surface area contributed by atoms with Crippen molar-refractivity contribution in [2.75, 3.05) is 55.0 Å². The molecule has 21 heteroatoms. The number of aliphatic carboxylic acids is 1. The maximum atomic E-state index is 14.5. The van der Waals surface area contributed by atoms with Crippen LogP contribution in [0.3, 0.4) is 0 Å². The average molecular weight is 1020 g/mol. The zero-order chi connectivity index (χ0) is 53.1. The van der Waals surface area contributed by atoms with Crippen LogP contribution in [0.5, 0.6) is 5.75 Å². The lowest BCUT2D eigenvalue weighted by molar-refractivity contribution is -0.148. The molecule has 2 heterocycles. The van der Waals surface area contributed by atoms with Crippen molar-refractivity contribution in [2.45, 2.75) is 154 Å². The van der Waals surface area contributed by atoms with E-state index in [0.29, 0.717) is 57.1 Å². The molecule has 3 aliphatic rings. The average Bonchev–Trinajstić information content (AvgIpc) is 4.08. The number of piperidine rings is 1. The molecule has 0 aromatic heterocycles. The van der Waals surface area contributed by atoms with E-state index in [2.05, 4.69) is 15.4 Å². The number of benzene rings is 1. The number of carboxylic acids is 1. The van der Waals surface area contributed by atoms with Gasteiger partial charge in [0.25, 0.3) is 5.91 Å². The molecule has 0 bridgehead atoms. The van der Waals surface area contributed by atoms with Gasteiger partial charge in [0.1, 0.15) is 17.8 Å². The minimum Gasteiger partial charge on any atom is -0.481 e. The Balaban J connectivity index is 1.49. The number of hydrogen-bond donors (Lipinski definition) is 4. The summed E-state index contributed by atoms with van der Waals surface area (Å²) in [6, 6.07) is 2.46. The number of likely N-dealkylation sites (N-methyl/N-ethyl adjacent to an activating group) is 2. The molecule has 71 heavy (non-hydrogen) atoms. The fourth-order valence-electron chi connectivity index (χ4n) is 10.0. The number of nitrogens with zero attached hydrogens (tertiary/aromatic N) is 4. The molecule has 4 N–H and O–H groups in total. The van der Waals surface area contributed by atoms with E-state index in [0.717, 1.165) is 0 Å². The Morgan fingerprint density at radius 2 is 1.42 bits per heavy atom. The van der Waals surface area contributed by atoms with Crippen LogP contribution in [0.15, 0.2) is 24.3 Å². The van der Waals surface area contributed by atoms with E-state index in [1.165, 1.54) is 31.3 Å². The summed E-state index contributed by atoms with van der Waals surface area (Å²) in [4.78, 5) is 101. The van der Waals surface area contributed by atoms with Crippen LogP contribution in [0.2, 0.25) is 0 Å². The number of rotatable bonds is 25. The van der Waals surface area contributed by atoms with E-state index in [-0.39, 0.29) is 67.2 Å². The molecule has 4 rings (SSSR count). The topological polar surface area (TPSA) is 251 Å². The van der Waals surface area contributed by atoms with E-state index in [1.54, 1.807) is 35.9 Å². The maximum Gasteiger partial charge on any atom is 0.415 e. The van der Waals surface area contributed by atoms with Gasteiger partial charge in [-0.1, -0.05) is 67.0 Å². The first-order valence-electron chi connectivity index (χ1n) is 25.1. The van der Waals surface area contributed by atoms with Crippen molar-refractivity contribution in [1.29, 1.82) is 0 Å². The highest BCUT2D eigenvalue weighted by Gasteiger charge is 2.44. The van der Waals surface area contributed by atoms with Crippen LogP contribution in [0.25, 0.3) is 0 Å². The van der Waals surface area contributed by atoms with Crippen molar-refractivity contribution in [2.24, 2.45) is 29.6 Å². The zero-order valence-corrected chi connectivity index (χ0v) is 44.7. The Hall–Kier alpha value is -4.86. The van der Waals surface area contributed by atoms with Crippen molar-refractivity contribution < 1.29 is 61.3 Å². The SMILES string of the molecule is CCC(C)C(C(CC(=O)N1CCCC1C(OC)C(C)C(=O)NC(Cc1ccc(OC(=O)N2CCC(C(=O)O)CC2)cc1)C(=O)NS(=O)(=O)C1CC1)OC)N(C)C(=O)C(NC(=O)C(C(C)C)N(C)C)C(C)C. The van der Waals surface area contributed by atoms with E-state index in [1.807, 2.05) is 60.5 Å². The molecule has 9 atom stereocenters. The van der Waals surface area contributed by atoms with Gasteiger partial charge in [-0.25, -0.2) is 13.2 Å². The number of hydrogen-bond acceptors (Lipinski definition) is 13. The lowest BCUT2D eigenvalue weighted by Crippen LogP contribution is -2.59. The summed E-state index contributed by atoms with van der Waals surface area (Å²) in [5.41, 5.74) is 0.518. The van der Waals surface area contributed by atoms with Crippen LogP contribution in [0.4, 0.5) is 4.79 Å². The Labute approximate surface area is 420 Å². The van der Waals surface area contributed by atoms with Gasteiger partial charge in [0.05, 0.1) is 53.8 Å². The molecule has 400 valence electrons. The van der Waals surface area contributed by atoms with E-state index in [4.69, 9.17) is 14.2 Å². The first-order valence-corrected chi connectivity index (χ1v) is 26.6. The third-order valence-electron chi connectivity index (χ3n) is 14.5. The number of carboxylic acid groups (broad SMARTS) is 1. The van der Waals surface area contributed by atoms with Crippen molar-refractivity contribution in [3.63, 3.8) is 0 Å². The smallest absolute Gasteiger partial charge is 0.415 e. The molecular formula is C50H81N7O13S. The maximum absolute atomic E-state index is 14.5. The number of methoxy groups -OCH3 is 2. The van der Waals surface area contributed by atoms with E-state index in [9.17, 15) is 47.1 Å². The molecule has 6 amide bonds. The lowest BCUT2D eigenvalue weighted by Gasteiger charge is -2.41. The molecule has 3 fully saturated rings. The van der Waals surface area contributed by atoms with E-state index >= 15 is 0 Å². The van der Waals surface area contributed by atoms with Gasteiger partial charge in [0.2, 0.25) is 33.7 Å². The number of carbonyl (C=O) groups excluding carboxylic acids is 6. The summed E-state index contributed by atoms with van der Waals surface area (Å²) in [6.07, 6.45) is 0.811. The molecule has 0 radical (unpaired) electrons. The van der Waals surface area contributed by atoms with Gasteiger partial charge in [0, 0.05) is 47.3 Å². The second kappa shape index (κ2) is 26.2. The zero-order valence-electron chi connectivity index (χ0n) is 43.8. The molecule has 1 aromatic rings. The molecule has 1 aliphatic carbocycles. The second-order valence-corrected chi connectivity index (χ2v) is 22.5. The molecule has 0 spiro atoms. The lowest BCUT2D eigenvalue weighted by atomic mass is 9.89. The number of likely N-dealkylation sites (tertiary alicyclic amines) is 2. The number of nitrogens with one attached hydrogen (secondary N) is 3. The van der Waals surface area contributed by atoms with Gasteiger partial charge >= 0.3 is 12.1 Å². The Bertz CT molecular complexity index is 2100. The summed E-state index contributed by atoms with van der Waals surface area (Å²) in [7, 11) is 4.29. The largest absolute Gasteiger partial charge is 0.481 e. The highest BCUT2D eigenvalue weighted by atomic mass is 32.2. The normalized spacial score (nSPS) is 20.1. The Morgan fingerprint density at radius 1 is 0.803 bits per heavy atom. The molecule has 9 unspecified atom stereocenters. The van der Waals surface area contributed by atoms with Crippen molar-refractivity contribution in [3.8, 4) is 5.75 Å². The number of amides is 6. The van der Waals surface area contributed by atoms with Crippen molar-refractivity contribution in [3.05, 3.63) is 29.8 Å². The number of sulfonamides is 1. The summed E-state index contributed by atoms with van der Waals surface area (Å²) in [6.45, 7) is 14.1. The van der Waals surface area contributed by atoms with Gasteiger partial charge in [-0.2, -0.15) is 0 Å².